The predicted octanol–water partition coefficient (Wildman–Crippen LogP) is 25.5. The van der Waals surface area contributed by atoms with Gasteiger partial charge in [0.1, 0.15) is 13.2 Å². The molecule has 0 N–H and O–H groups in total. The molecule has 0 aromatic heterocycles. The van der Waals surface area contributed by atoms with Crippen LogP contribution in [0.5, 0.6) is 0 Å². The Morgan fingerprint density at radius 2 is 0.463 bits per heavy atom. The summed E-state index contributed by atoms with van der Waals surface area (Å²) >= 11 is 0. The van der Waals surface area contributed by atoms with Crippen LogP contribution in [0.2, 0.25) is 0 Å². The van der Waals surface area contributed by atoms with Gasteiger partial charge in [-0.25, -0.2) is 0 Å². The van der Waals surface area contributed by atoms with E-state index < -0.39 is 6.10 Å². The maximum Gasteiger partial charge on any atom is 0.306 e. The monoisotopic (exact) mass is 1150 g/mol. The molecule has 0 aliphatic carbocycles. The van der Waals surface area contributed by atoms with Gasteiger partial charge in [0.25, 0.3) is 0 Å². The molecule has 82 heavy (non-hydrogen) atoms. The molecule has 6 nitrogen and oxygen atoms in total. The highest BCUT2D eigenvalue weighted by Crippen LogP contribution is 2.19. The molecule has 1 atom stereocenters. The van der Waals surface area contributed by atoms with Crippen LogP contribution in [0.25, 0.3) is 0 Å². The van der Waals surface area contributed by atoms with Crippen molar-refractivity contribution in [3.05, 3.63) is 36.5 Å². The van der Waals surface area contributed by atoms with E-state index in [4.69, 9.17) is 14.2 Å². The van der Waals surface area contributed by atoms with Gasteiger partial charge in [-0.05, 0) is 70.6 Å². The van der Waals surface area contributed by atoms with E-state index in [1.54, 1.807) is 0 Å². The van der Waals surface area contributed by atoms with E-state index in [9.17, 15) is 14.4 Å². The number of ether oxygens (including phenoxy) is 3. The predicted molar refractivity (Wildman–Crippen MR) is 358 cm³/mol. The molecule has 0 saturated carbocycles. The van der Waals surface area contributed by atoms with Gasteiger partial charge in [-0.3, -0.25) is 14.4 Å². The van der Waals surface area contributed by atoms with Crippen molar-refractivity contribution in [3.8, 4) is 0 Å². The fourth-order valence-electron chi connectivity index (χ4n) is 11.3. The van der Waals surface area contributed by atoms with E-state index in [-0.39, 0.29) is 31.1 Å². The number of hydrogen-bond donors (Lipinski definition) is 0. The van der Waals surface area contributed by atoms with Crippen molar-refractivity contribution in [1.82, 2.24) is 0 Å². The van der Waals surface area contributed by atoms with Crippen molar-refractivity contribution in [2.45, 2.75) is 419 Å². The van der Waals surface area contributed by atoms with Gasteiger partial charge in [0.2, 0.25) is 0 Å². The van der Waals surface area contributed by atoms with Gasteiger partial charge >= 0.3 is 17.9 Å². The summed E-state index contributed by atoms with van der Waals surface area (Å²) in [5.41, 5.74) is 0. The molecular weight excluding hydrogens is 1010 g/mol. The molecule has 1 unspecified atom stereocenters. The first kappa shape index (κ1) is 79.6. The zero-order valence-corrected chi connectivity index (χ0v) is 55.5. The summed E-state index contributed by atoms with van der Waals surface area (Å²) in [7, 11) is 0. The van der Waals surface area contributed by atoms with Crippen molar-refractivity contribution in [3.63, 3.8) is 0 Å². The third kappa shape index (κ3) is 68.4. The lowest BCUT2D eigenvalue weighted by molar-refractivity contribution is -0.167. The summed E-state index contributed by atoms with van der Waals surface area (Å²) in [6, 6.07) is 0. The third-order valence-corrected chi connectivity index (χ3v) is 16.8. The summed E-state index contributed by atoms with van der Waals surface area (Å²) < 4.78 is 17.0. The Balaban J connectivity index is 4.14. The molecule has 0 spiro atoms. The summed E-state index contributed by atoms with van der Waals surface area (Å²) in [4.78, 5) is 38.4. The zero-order chi connectivity index (χ0) is 59.2. The molecule has 0 aromatic rings. The Morgan fingerprint density at radius 1 is 0.244 bits per heavy atom. The Bertz CT molecular complexity index is 1370. The maximum atomic E-state index is 13.0. The summed E-state index contributed by atoms with van der Waals surface area (Å²) in [5, 5.41) is 0. The second-order valence-corrected chi connectivity index (χ2v) is 25.2. The first-order valence-corrected chi connectivity index (χ1v) is 37.0. The SMILES string of the molecule is CCC/C=C\C/C=C\CCCCCCCC(=O)OCC(COC(=O)CCCCCCCCCCCCCCCCCCCCC/C=C\CCCCCCCCCC)OC(=O)CCCCCCCCCCCCCCCCCCCCCC. The number of allylic oxidation sites excluding steroid dienone is 6. The van der Waals surface area contributed by atoms with E-state index in [0.717, 1.165) is 83.5 Å². The highest BCUT2D eigenvalue weighted by Gasteiger charge is 2.19. The van der Waals surface area contributed by atoms with Crippen molar-refractivity contribution in [1.29, 1.82) is 0 Å². The van der Waals surface area contributed by atoms with Crippen LogP contribution in [0.3, 0.4) is 0 Å². The highest BCUT2D eigenvalue weighted by atomic mass is 16.6. The van der Waals surface area contributed by atoms with Crippen LogP contribution in [0.1, 0.15) is 412 Å². The molecule has 6 heteroatoms. The van der Waals surface area contributed by atoms with Crippen LogP contribution in [0.4, 0.5) is 0 Å². The molecule has 0 amide bonds. The largest absolute Gasteiger partial charge is 0.462 e. The van der Waals surface area contributed by atoms with E-state index in [1.165, 1.54) is 289 Å². The number of rotatable bonds is 69. The van der Waals surface area contributed by atoms with E-state index in [2.05, 4.69) is 57.2 Å². The number of esters is 3. The molecule has 0 saturated heterocycles. The fourth-order valence-corrected chi connectivity index (χ4v) is 11.3. The van der Waals surface area contributed by atoms with Gasteiger partial charge in [0.05, 0.1) is 0 Å². The smallest absolute Gasteiger partial charge is 0.306 e. The first-order valence-electron chi connectivity index (χ1n) is 37.0. The van der Waals surface area contributed by atoms with Crippen LogP contribution in [0.15, 0.2) is 36.5 Å². The molecule has 0 rings (SSSR count). The summed E-state index contributed by atoms with van der Waals surface area (Å²) in [6.45, 7) is 6.64. The Labute approximate surface area is 512 Å². The van der Waals surface area contributed by atoms with Crippen LogP contribution in [-0.2, 0) is 28.6 Å². The number of carbonyl (C=O) groups excluding carboxylic acids is 3. The molecule has 0 heterocycles. The van der Waals surface area contributed by atoms with Gasteiger partial charge in [0.15, 0.2) is 6.10 Å². The number of carbonyl (C=O) groups is 3. The quantitative estimate of drug-likeness (QED) is 0.0261. The van der Waals surface area contributed by atoms with Crippen molar-refractivity contribution in [2.24, 2.45) is 0 Å². The summed E-state index contributed by atoms with van der Waals surface area (Å²) in [5.74, 6) is -0.855. The lowest BCUT2D eigenvalue weighted by Gasteiger charge is -2.18. The third-order valence-electron chi connectivity index (χ3n) is 16.8. The molecule has 0 aliphatic heterocycles. The normalized spacial score (nSPS) is 12.2. The van der Waals surface area contributed by atoms with Crippen molar-refractivity contribution in [2.75, 3.05) is 13.2 Å². The number of unbranched alkanes of at least 4 members (excludes halogenated alkanes) is 52. The Hall–Kier alpha value is -2.37. The summed E-state index contributed by atoms with van der Waals surface area (Å²) in [6.07, 6.45) is 89.1. The minimum atomic E-state index is -0.775. The second kappa shape index (κ2) is 71.1. The highest BCUT2D eigenvalue weighted by molar-refractivity contribution is 5.71. The van der Waals surface area contributed by atoms with E-state index in [0.29, 0.717) is 19.3 Å². The fraction of sp³-hybridized carbons (Fsp3) is 0.882. The van der Waals surface area contributed by atoms with Gasteiger partial charge < -0.3 is 14.2 Å². The van der Waals surface area contributed by atoms with Gasteiger partial charge in [-0.1, -0.05) is 359 Å². The minimum absolute atomic E-state index is 0.0708. The van der Waals surface area contributed by atoms with Gasteiger partial charge in [0, 0.05) is 19.3 Å². The molecular formula is C76H142O6. The molecule has 482 valence electrons. The molecule has 0 aliphatic rings. The minimum Gasteiger partial charge on any atom is -0.462 e. The van der Waals surface area contributed by atoms with Crippen LogP contribution in [0, 0.1) is 0 Å². The van der Waals surface area contributed by atoms with E-state index >= 15 is 0 Å². The standard InChI is InChI=1S/C76H142O6/c1-4-7-10-13-16-19-22-25-27-29-31-33-34-35-36-37-38-39-40-41-42-43-45-46-48-51-54-57-60-63-66-69-75(78)81-72-73(71-80-74(77)68-65-62-59-56-53-50-24-21-18-15-12-9-6-3)82-76(79)70-67-64-61-58-55-52-49-47-44-32-30-28-26-23-20-17-14-11-8-5-2/h12,15,21,24,29,31,73H,4-11,13-14,16-20,22-23,25-28,30,32-72H2,1-3H3/b15-12-,24-21-,31-29-. The van der Waals surface area contributed by atoms with Gasteiger partial charge in [-0.2, -0.15) is 0 Å². The molecule has 0 radical (unpaired) electrons. The molecule has 0 bridgehead atoms. The topological polar surface area (TPSA) is 78.9 Å². The van der Waals surface area contributed by atoms with Crippen molar-refractivity contribution >= 4 is 17.9 Å². The zero-order valence-electron chi connectivity index (χ0n) is 55.5. The van der Waals surface area contributed by atoms with Gasteiger partial charge in [-0.15, -0.1) is 0 Å². The Kier molecular flexibility index (Phi) is 69.1. The van der Waals surface area contributed by atoms with Crippen LogP contribution in [-0.4, -0.2) is 37.2 Å². The van der Waals surface area contributed by atoms with Crippen LogP contribution >= 0.6 is 0 Å². The number of hydrogen-bond acceptors (Lipinski definition) is 6. The van der Waals surface area contributed by atoms with Crippen LogP contribution < -0.4 is 0 Å². The average molecular weight is 1150 g/mol. The molecule has 0 aromatic carbocycles. The average Bonchev–Trinajstić information content (AvgIpc) is 3.47. The first-order chi connectivity index (χ1) is 40.5. The maximum absolute atomic E-state index is 13.0. The lowest BCUT2D eigenvalue weighted by Crippen LogP contribution is -2.30. The molecule has 0 fully saturated rings. The van der Waals surface area contributed by atoms with E-state index in [1.807, 2.05) is 0 Å². The lowest BCUT2D eigenvalue weighted by atomic mass is 10.0. The Morgan fingerprint density at radius 3 is 0.732 bits per heavy atom. The van der Waals surface area contributed by atoms with Crippen molar-refractivity contribution < 1.29 is 28.6 Å². The second-order valence-electron chi connectivity index (χ2n) is 25.2.